The van der Waals surface area contributed by atoms with E-state index in [0.29, 0.717) is 6.42 Å². The fourth-order valence-corrected chi connectivity index (χ4v) is 2.75. The Morgan fingerprint density at radius 2 is 1.24 bits per heavy atom. The zero-order valence-electron chi connectivity index (χ0n) is 16.4. The van der Waals surface area contributed by atoms with Gasteiger partial charge in [-0.1, -0.05) is 70.4 Å². The van der Waals surface area contributed by atoms with Crippen LogP contribution in [0.3, 0.4) is 0 Å². The van der Waals surface area contributed by atoms with Gasteiger partial charge in [-0.25, -0.2) is 4.79 Å². The Morgan fingerprint density at radius 1 is 0.760 bits per heavy atom. The Kier molecular flexibility index (Phi) is 16.5. The lowest BCUT2D eigenvalue weighted by Crippen LogP contribution is -2.01. The summed E-state index contributed by atoms with van der Waals surface area (Å²) in [5, 5.41) is 8.71. The second kappa shape index (κ2) is 17.4. The van der Waals surface area contributed by atoms with Crippen LogP contribution in [-0.2, 0) is 9.59 Å². The molecule has 0 radical (unpaired) electrons. The monoisotopic (exact) mass is 350 g/mol. The first kappa shape index (κ1) is 23.6. The molecule has 0 unspecified atom stereocenters. The molecule has 0 spiro atoms. The van der Waals surface area contributed by atoms with E-state index in [-0.39, 0.29) is 11.4 Å². The summed E-state index contributed by atoms with van der Waals surface area (Å²) in [6.45, 7) is 3.71. The fourth-order valence-electron chi connectivity index (χ4n) is 2.75. The maximum absolute atomic E-state index is 11.5. The topological polar surface area (TPSA) is 54.4 Å². The molecule has 0 rings (SSSR count). The van der Waals surface area contributed by atoms with Gasteiger partial charge in [0.1, 0.15) is 0 Å². The van der Waals surface area contributed by atoms with Crippen LogP contribution < -0.4 is 0 Å². The molecule has 0 aromatic rings. The van der Waals surface area contributed by atoms with Crippen LogP contribution >= 0.6 is 0 Å². The lowest BCUT2D eigenvalue weighted by atomic mass is 10.1. The first-order valence-corrected chi connectivity index (χ1v) is 10.2. The van der Waals surface area contributed by atoms with Crippen LogP contribution in [0.25, 0.3) is 0 Å². The van der Waals surface area contributed by atoms with Crippen molar-refractivity contribution >= 4 is 11.8 Å². The molecule has 0 aliphatic carbocycles. The van der Waals surface area contributed by atoms with Gasteiger partial charge in [-0.2, -0.15) is 0 Å². The Bertz CT molecular complexity index is 407. The summed E-state index contributed by atoms with van der Waals surface area (Å²) in [7, 11) is 0. The first-order valence-electron chi connectivity index (χ1n) is 10.2. The average Bonchev–Trinajstić information content (AvgIpc) is 2.58. The van der Waals surface area contributed by atoms with Gasteiger partial charge in [0, 0.05) is 12.0 Å². The number of allylic oxidation sites excluding steroid dienone is 3. The Morgan fingerprint density at radius 3 is 1.76 bits per heavy atom. The van der Waals surface area contributed by atoms with E-state index < -0.39 is 5.97 Å². The predicted octanol–water partition coefficient (Wildman–Crippen LogP) is 6.62. The van der Waals surface area contributed by atoms with Crippen molar-refractivity contribution in [3.63, 3.8) is 0 Å². The number of rotatable bonds is 17. The molecule has 0 bridgehead atoms. The molecule has 1 N–H and O–H groups in total. The van der Waals surface area contributed by atoms with Gasteiger partial charge in [-0.15, -0.1) is 0 Å². The standard InChI is InChI=1S/C22H38O3/c1-3-4-5-6-7-8-9-10-11-12-13-14-15-16-17-18-21(23)19-20(2)22(24)25/h10-11,19H,3-9,12-18H2,1-2H3,(H,24,25)/b11-10-,20-19?. The van der Waals surface area contributed by atoms with Crippen molar-refractivity contribution in [2.75, 3.05) is 0 Å². The highest BCUT2D eigenvalue weighted by molar-refractivity contribution is 5.98. The normalized spacial score (nSPS) is 12.0. The van der Waals surface area contributed by atoms with Crippen molar-refractivity contribution in [2.45, 2.75) is 104 Å². The van der Waals surface area contributed by atoms with Crippen LogP contribution in [-0.4, -0.2) is 16.9 Å². The van der Waals surface area contributed by atoms with Crippen LogP contribution in [0.5, 0.6) is 0 Å². The zero-order chi connectivity index (χ0) is 18.8. The van der Waals surface area contributed by atoms with Crippen LogP contribution in [0, 0.1) is 0 Å². The first-order chi connectivity index (χ1) is 12.1. The van der Waals surface area contributed by atoms with E-state index in [9.17, 15) is 9.59 Å². The van der Waals surface area contributed by atoms with Crippen LogP contribution in [0.2, 0.25) is 0 Å². The van der Waals surface area contributed by atoms with Gasteiger partial charge in [0.05, 0.1) is 0 Å². The number of aliphatic carboxylic acids is 1. The van der Waals surface area contributed by atoms with Gasteiger partial charge in [-0.05, 0) is 45.1 Å². The zero-order valence-corrected chi connectivity index (χ0v) is 16.4. The largest absolute Gasteiger partial charge is 0.478 e. The van der Waals surface area contributed by atoms with Gasteiger partial charge in [0.2, 0.25) is 0 Å². The van der Waals surface area contributed by atoms with Crippen LogP contribution in [0.15, 0.2) is 23.8 Å². The molecule has 0 fully saturated rings. The molecule has 144 valence electrons. The third-order valence-corrected chi connectivity index (χ3v) is 4.40. The number of ketones is 1. The molecule has 25 heavy (non-hydrogen) atoms. The number of carboxylic acids is 1. The molecule has 0 saturated heterocycles. The second-order valence-corrected chi connectivity index (χ2v) is 6.93. The quantitative estimate of drug-likeness (QED) is 0.182. The van der Waals surface area contributed by atoms with Gasteiger partial charge in [-0.3, -0.25) is 4.79 Å². The Balaban J connectivity index is 3.36. The highest BCUT2D eigenvalue weighted by Crippen LogP contribution is 2.10. The summed E-state index contributed by atoms with van der Waals surface area (Å²) >= 11 is 0. The predicted molar refractivity (Wildman–Crippen MR) is 106 cm³/mol. The van der Waals surface area contributed by atoms with E-state index in [1.807, 2.05) is 0 Å². The molecule has 0 aromatic heterocycles. The van der Waals surface area contributed by atoms with Crippen molar-refractivity contribution in [2.24, 2.45) is 0 Å². The highest BCUT2D eigenvalue weighted by Gasteiger charge is 2.04. The SMILES string of the molecule is CCCCCCCC/C=C\CCCCCCCC(=O)C=C(C)C(=O)O. The molecule has 0 aliphatic heterocycles. The molecule has 0 heterocycles. The van der Waals surface area contributed by atoms with E-state index >= 15 is 0 Å². The summed E-state index contributed by atoms with van der Waals surface area (Å²) in [4.78, 5) is 22.2. The van der Waals surface area contributed by atoms with E-state index in [2.05, 4.69) is 19.1 Å². The van der Waals surface area contributed by atoms with Crippen LogP contribution in [0.4, 0.5) is 0 Å². The number of carbonyl (C=O) groups is 2. The fraction of sp³-hybridized carbons (Fsp3) is 0.727. The maximum atomic E-state index is 11.5. The van der Waals surface area contributed by atoms with Gasteiger partial charge < -0.3 is 5.11 Å². The smallest absolute Gasteiger partial charge is 0.331 e. The van der Waals surface area contributed by atoms with Gasteiger partial charge >= 0.3 is 5.97 Å². The number of unbranched alkanes of at least 4 members (excludes halogenated alkanes) is 11. The third-order valence-electron chi connectivity index (χ3n) is 4.40. The minimum atomic E-state index is -1.02. The summed E-state index contributed by atoms with van der Waals surface area (Å²) in [6.07, 6.45) is 22.4. The van der Waals surface area contributed by atoms with Crippen molar-refractivity contribution < 1.29 is 14.7 Å². The second-order valence-electron chi connectivity index (χ2n) is 6.93. The molecule has 0 amide bonds. The lowest BCUT2D eigenvalue weighted by molar-refractivity contribution is -0.132. The van der Waals surface area contributed by atoms with Crippen molar-refractivity contribution in [1.29, 1.82) is 0 Å². The number of carboxylic acid groups (broad SMARTS) is 1. The van der Waals surface area contributed by atoms with Crippen molar-refractivity contribution in [3.8, 4) is 0 Å². The number of hydrogen-bond acceptors (Lipinski definition) is 2. The van der Waals surface area contributed by atoms with Gasteiger partial charge in [0.15, 0.2) is 5.78 Å². The lowest BCUT2D eigenvalue weighted by Gasteiger charge is -2.00. The van der Waals surface area contributed by atoms with E-state index in [4.69, 9.17) is 5.11 Å². The molecular formula is C22H38O3. The van der Waals surface area contributed by atoms with E-state index in [1.165, 1.54) is 70.8 Å². The highest BCUT2D eigenvalue weighted by atomic mass is 16.4. The minimum absolute atomic E-state index is 0.0717. The Labute approximate surface area is 154 Å². The summed E-state index contributed by atoms with van der Waals surface area (Å²) in [5.41, 5.74) is 0.123. The van der Waals surface area contributed by atoms with Gasteiger partial charge in [0.25, 0.3) is 0 Å². The minimum Gasteiger partial charge on any atom is -0.478 e. The summed E-state index contributed by atoms with van der Waals surface area (Å²) in [5.74, 6) is -1.09. The summed E-state index contributed by atoms with van der Waals surface area (Å²) in [6, 6.07) is 0. The van der Waals surface area contributed by atoms with Crippen LogP contribution in [0.1, 0.15) is 104 Å². The molecular weight excluding hydrogens is 312 g/mol. The number of carbonyl (C=O) groups excluding carboxylic acids is 1. The Hall–Kier alpha value is -1.38. The molecule has 0 aromatic carbocycles. The average molecular weight is 351 g/mol. The molecule has 0 aliphatic rings. The third kappa shape index (κ3) is 17.2. The molecule has 0 atom stereocenters. The van der Waals surface area contributed by atoms with Crippen molar-refractivity contribution in [1.82, 2.24) is 0 Å². The van der Waals surface area contributed by atoms with Crippen molar-refractivity contribution in [3.05, 3.63) is 23.8 Å². The molecule has 3 heteroatoms. The molecule has 3 nitrogen and oxygen atoms in total. The molecule has 0 saturated carbocycles. The number of hydrogen-bond donors (Lipinski definition) is 1. The van der Waals surface area contributed by atoms with E-state index in [1.54, 1.807) is 0 Å². The summed E-state index contributed by atoms with van der Waals surface area (Å²) < 4.78 is 0. The van der Waals surface area contributed by atoms with E-state index in [0.717, 1.165) is 25.7 Å². The maximum Gasteiger partial charge on any atom is 0.331 e.